The Morgan fingerprint density at radius 1 is 1.24 bits per heavy atom. The van der Waals surface area contributed by atoms with Crippen LogP contribution in [0.1, 0.15) is 12.1 Å². The van der Waals surface area contributed by atoms with Crippen LogP contribution >= 0.6 is 0 Å². The molecule has 2 aromatic rings. The zero-order chi connectivity index (χ0) is 14.5. The van der Waals surface area contributed by atoms with Crippen LogP contribution in [-0.2, 0) is 4.74 Å². The first kappa shape index (κ1) is 13.4. The molecule has 1 N–H and O–H groups in total. The highest BCUT2D eigenvalue weighted by atomic mass is 16.5. The lowest BCUT2D eigenvalue weighted by Gasteiger charge is -2.12. The van der Waals surface area contributed by atoms with Crippen molar-refractivity contribution in [2.24, 2.45) is 0 Å². The summed E-state index contributed by atoms with van der Waals surface area (Å²) in [6.07, 6.45) is 1.09. The van der Waals surface area contributed by atoms with Crippen LogP contribution in [0.4, 0.5) is 11.5 Å². The molecule has 3 rings (SSSR count). The van der Waals surface area contributed by atoms with Crippen molar-refractivity contribution in [1.29, 1.82) is 5.26 Å². The smallest absolute Gasteiger partial charge is 0.142 e. The van der Waals surface area contributed by atoms with E-state index >= 15 is 0 Å². The summed E-state index contributed by atoms with van der Waals surface area (Å²) in [5.74, 6) is 1.47. The molecule has 5 nitrogen and oxygen atoms in total. The first-order chi connectivity index (χ1) is 10.3. The Morgan fingerprint density at radius 3 is 2.81 bits per heavy atom. The maximum absolute atomic E-state index is 8.83. The quantitative estimate of drug-likeness (QED) is 0.933. The molecular formula is C16H15N3O2. The normalized spacial score (nSPS) is 17.2. The highest BCUT2D eigenvalue weighted by molar-refractivity contribution is 5.57. The molecule has 0 bridgehead atoms. The van der Waals surface area contributed by atoms with E-state index in [1.165, 1.54) is 0 Å². The van der Waals surface area contributed by atoms with Crippen LogP contribution in [-0.4, -0.2) is 24.3 Å². The fraction of sp³-hybridized carbons (Fsp3) is 0.250. The number of ether oxygens (including phenoxy) is 2. The van der Waals surface area contributed by atoms with Gasteiger partial charge in [0.1, 0.15) is 29.4 Å². The van der Waals surface area contributed by atoms with Gasteiger partial charge in [-0.15, -0.1) is 0 Å². The van der Waals surface area contributed by atoms with Crippen LogP contribution in [0.15, 0.2) is 42.5 Å². The van der Waals surface area contributed by atoms with E-state index in [9.17, 15) is 0 Å². The second-order valence-electron chi connectivity index (χ2n) is 4.77. The first-order valence-corrected chi connectivity index (χ1v) is 6.82. The standard InChI is InChI=1S/C16H15N3O2/c17-10-13-2-1-3-16(19-13)18-12-4-6-14(7-5-12)21-15-8-9-20-11-15/h1-7,15H,8-9,11H2,(H,18,19). The number of nitriles is 1. The van der Waals surface area contributed by atoms with E-state index in [2.05, 4.69) is 10.3 Å². The van der Waals surface area contributed by atoms with E-state index in [4.69, 9.17) is 14.7 Å². The molecule has 0 spiro atoms. The predicted octanol–water partition coefficient (Wildman–Crippen LogP) is 2.86. The van der Waals surface area contributed by atoms with Crippen LogP contribution in [0.3, 0.4) is 0 Å². The lowest BCUT2D eigenvalue weighted by atomic mass is 10.2. The average Bonchev–Trinajstić information content (AvgIpc) is 3.02. The van der Waals surface area contributed by atoms with E-state index in [1.54, 1.807) is 12.1 Å². The van der Waals surface area contributed by atoms with Crippen molar-refractivity contribution in [3.8, 4) is 11.8 Å². The third kappa shape index (κ3) is 3.50. The lowest BCUT2D eigenvalue weighted by molar-refractivity contribution is 0.141. The zero-order valence-electron chi connectivity index (χ0n) is 11.5. The molecule has 106 valence electrons. The number of rotatable bonds is 4. The fourth-order valence-corrected chi connectivity index (χ4v) is 2.13. The first-order valence-electron chi connectivity index (χ1n) is 6.82. The van der Waals surface area contributed by atoms with Crippen molar-refractivity contribution in [3.63, 3.8) is 0 Å². The third-order valence-corrected chi connectivity index (χ3v) is 3.18. The number of anilines is 2. The SMILES string of the molecule is N#Cc1cccc(Nc2ccc(OC3CCOC3)cc2)n1. The van der Waals surface area contributed by atoms with Crippen molar-refractivity contribution in [2.75, 3.05) is 18.5 Å². The molecule has 1 saturated heterocycles. The molecule has 5 heteroatoms. The van der Waals surface area contributed by atoms with Crippen molar-refractivity contribution in [3.05, 3.63) is 48.2 Å². The monoisotopic (exact) mass is 281 g/mol. The Bertz CT molecular complexity index is 643. The van der Waals surface area contributed by atoms with Gasteiger partial charge in [-0.3, -0.25) is 0 Å². The number of hydrogen-bond donors (Lipinski definition) is 1. The van der Waals surface area contributed by atoms with Crippen LogP contribution in [0.25, 0.3) is 0 Å². The van der Waals surface area contributed by atoms with E-state index in [0.29, 0.717) is 18.1 Å². The minimum absolute atomic E-state index is 0.151. The molecule has 1 aromatic heterocycles. The molecule has 1 aromatic carbocycles. The molecule has 0 amide bonds. The van der Waals surface area contributed by atoms with Gasteiger partial charge in [0.15, 0.2) is 0 Å². The Kier molecular flexibility index (Phi) is 3.99. The average molecular weight is 281 g/mol. The molecule has 0 aliphatic carbocycles. The van der Waals surface area contributed by atoms with Gasteiger partial charge < -0.3 is 14.8 Å². The Hall–Kier alpha value is -2.58. The predicted molar refractivity (Wildman–Crippen MR) is 78.5 cm³/mol. The summed E-state index contributed by atoms with van der Waals surface area (Å²) >= 11 is 0. The van der Waals surface area contributed by atoms with Crippen LogP contribution < -0.4 is 10.1 Å². The second-order valence-corrected chi connectivity index (χ2v) is 4.77. The summed E-state index contributed by atoms with van der Waals surface area (Å²) in [4.78, 5) is 4.17. The summed E-state index contributed by atoms with van der Waals surface area (Å²) < 4.78 is 11.1. The summed E-state index contributed by atoms with van der Waals surface area (Å²) in [7, 11) is 0. The molecule has 21 heavy (non-hydrogen) atoms. The Morgan fingerprint density at radius 2 is 2.10 bits per heavy atom. The van der Waals surface area contributed by atoms with E-state index in [1.807, 2.05) is 36.4 Å². The second kappa shape index (κ2) is 6.25. The van der Waals surface area contributed by atoms with Gasteiger partial charge in [-0.05, 0) is 36.4 Å². The van der Waals surface area contributed by atoms with Gasteiger partial charge >= 0.3 is 0 Å². The summed E-state index contributed by atoms with van der Waals surface area (Å²) in [6.45, 7) is 1.43. The van der Waals surface area contributed by atoms with Gasteiger partial charge in [-0.2, -0.15) is 5.26 Å². The van der Waals surface area contributed by atoms with Gasteiger partial charge in [0.25, 0.3) is 0 Å². The molecule has 1 unspecified atom stereocenters. The van der Waals surface area contributed by atoms with Gasteiger partial charge in [0, 0.05) is 12.1 Å². The highest BCUT2D eigenvalue weighted by Crippen LogP contribution is 2.21. The largest absolute Gasteiger partial charge is 0.488 e. The summed E-state index contributed by atoms with van der Waals surface area (Å²) in [5, 5.41) is 12.0. The molecular weight excluding hydrogens is 266 g/mol. The highest BCUT2D eigenvalue weighted by Gasteiger charge is 2.16. The van der Waals surface area contributed by atoms with Crippen molar-refractivity contribution in [1.82, 2.24) is 4.98 Å². The number of pyridine rings is 1. The molecule has 1 aliphatic rings. The minimum Gasteiger partial charge on any atom is -0.488 e. The van der Waals surface area contributed by atoms with E-state index in [0.717, 1.165) is 24.5 Å². The molecule has 1 aliphatic heterocycles. The summed E-state index contributed by atoms with van der Waals surface area (Å²) in [6, 6.07) is 15.0. The maximum Gasteiger partial charge on any atom is 0.142 e. The van der Waals surface area contributed by atoms with Crippen molar-refractivity contribution in [2.45, 2.75) is 12.5 Å². The van der Waals surface area contributed by atoms with Gasteiger partial charge in [-0.1, -0.05) is 6.07 Å². The van der Waals surface area contributed by atoms with Crippen LogP contribution in [0, 0.1) is 11.3 Å². The Balaban J connectivity index is 1.65. The van der Waals surface area contributed by atoms with Gasteiger partial charge in [-0.25, -0.2) is 4.98 Å². The van der Waals surface area contributed by atoms with Crippen LogP contribution in [0.5, 0.6) is 5.75 Å². The topological polar surface area (TPSA) is 67.2 Å². The van der Waals surface area contributed by atoms with Crippen LogP contribution in [0.2, 0.25) is 0 Å². The summed E-state index contributed by atoms with van der Waals surface area (Å²) in [5.41, 5.74) is 1.29. The van der Waals surface area contributed by atoms with Crippen molar-refractivity contribution < 1.29 is 9.47 Å². The molecule has 2 heterocycles. The number of nitrogens with zero attached hydrogens (tertiary/aromatic N) is 2. The minimum atomic E-state index is 0.151. The van der Waals surface area contributed by atoms with E-state index in [-0.39, 0.29) is 6.10 Å². The van der Waals surface area contributed by atoms with Gasteiger partial charge in [0.2, 0.25) is 0 Å². The van der Waals surface area contributed by atoms with E-state index < -0.39 is 0 Å². The molecule has 0 radical (unpaired) electrons. The number of hydrogen-bond acceptors (Lipinski definition) is 5. The maximum atomic E-state index is 8.83. The number of nitrogens with one attached hydrogen (secondary N) is 1. The fourth-order valence-electron chi connectivity index (χ4n) is 2.13. The molecule has 0 saturated carbocycles. The third-order valence-electron chi connectivity index (χ3n) is 3.18. The van der Waals surface area contributed by atoms with Gasteiger partial charge in [0.05, 0.1) is 13.2 Å². The molecule has 1 atom stereocenters. The van der Waals surface area contributed by atoms with Crippen molar-refractivity contribution >= 4 is 11.5 Å². The Labute approximate surface area is 123 Å². The lowest BCUT2D eigenvalue weighted by Crippen LogP contribution is -2.15. The number of aromatic nitrogens is 1. The molecule has 1 fully saturated rings. The zero-order valence-corrected chi connectivity index (χ0v) is 11.5. The number of benzene rings is 1.